The first-order chi connectivity index (χ1) is 37.3. The first-order valence-electron chi connectivity index (χ1n) is 27.9. The number of phenolic OH excluding ortho intramolecular Hbond substituents is 2. The van der Waals surface area contributed by atoms with E-state index in [1.54, 1.807) is 49.1 Å². The summed E-state index contributed by atoms with van der Waals surface area (Å²) in [5.74, 6) is -2.66. The average Bonchev–Trinajstić information content (AvgIpc) is 3.59. The Balaban J connectivity index is 0.000000268. The van der Waals surface area contributed by atoms with E-state index in [9.17, 15) is 55.0 Å². The number of carbonyl (C=O) groups is 3. The molecule has 4 aromatic carbocycles. The third kappa shape index (κ3) is 19.8. The summed E-state index contributed by atoms with van der Waals surface area (Å²) < 4.78 is 101. The summed E-state index contributed by atoms with van der Waals surface area (Å²) in [7, 11) is -4.76. The number of nitrogens with zero attached hydrogens (tertiary/aromatic N) is 1. The Labute approximate surface area is 481 Å². The number of benzene rings is 4. The van der Waals surface area contributed by atoms with Crippen molar-refractivity contribution in [2.45, 2.75) is 207 Å². The van der Waals surface area contributed by atoms with Crippen molar-refractivity contribution in [3.63, 3.8) is 0 Å². The van der Waals surface area contributed by atoms with Crippen LogP contribution >= 0.6 is 0 Å². The second kappa shape index (κ2) is 29.0. The van der Waals surface area contributed by atoms with Gasteiger partial charge in [-0.15, -0.1) is 6.54 Å². The van der Waals surface area contributed by atoms with E-state index in [0.717, 1.165) is 30.7 Å². The maximum atomic E-state index is 13.0. The van der Waals surface area contributed by atoms with Gasteiger partial charge in [0, 0.05) is 52.0 Å². The second-order valence-electron chi connectivity index (χ2n) is 24.2. The number of esters is 3. The molecule has 0 amide bonds. The lowest BCUT2D eigenvalue weighted by molar-refractivity contribution is -0.164. The van der Waals surface area contributed by atoms with Crippen LogP contribution in [0.5, 0.6) is 23.0 Å². The number of alkyl halides is 4. The Morgan fingerprint density at radius 3 is 1.65 bits per heavy atom. The summed E-state index contributed by atoms with van der Waals surface area (Å²) >= 11 is 0. The van der Waals surface area contributed by atoms with Gasteiger partial charge < -0.3 is 34.5 Å². The van der Waals surface area contributed by atoms with E-state index < -0.39 is 62.5 Å². The number of phenols is 2. The molecule has 12 nitrogen and oxygen atoms in total. The number of halogens is 5. The topological polar surface area (TPSA) is 180 Å². The largest absolute Gasteiger partial charge is 0.543 e. The Bertz CT molecular complexity index is 2800. The van der Waals surface area contributed by atoms with E-state index in [2.05, 4.69) is 75.8 Å². The zero-order valence-corrected chi connectivity index (χ0v) is 51.8. The van der Waals surface area contributed by atoms with Crippen LogP contribution < -0.4 is 14.8 Å². The molecule has 3 aliphatic rings. The number of hydrogen-bond donors (Lipinski definition) is 3. The molecule has 0 aliphatic carbocycles. The molecule has 0 radical (unpaired) electrons. The van der Waals surface area contributed by atoms with Crippen molar-refractivity contribution in [2.75, 3.05) is 18.1 Å². The quantitative estimate of drug-likeness (QED) is 0.0532. The third-order valence-corrected chi connectivity index (χ3v) is 19.0. The van der Waals surface area contributed by atoms with Crippen molar-refractivity contribution in [3.05, 3.63) is 95.0 Å². The Morgan fingerprint density at radius 2 is 1.16 bits per heavy atom. The molecule has 81 heavy (non-hydrogen) atoms. The van der Waals surface area contributed by atoms with Crippen LogP contribution in [-0.2, 0) is 40.0 Å². The summed E-state index contributed by atoms with van der Waals surface area (Å²) in [6.07, 6.45) is 8.23. The van der Waals surface area contributed by atoms with Crippen LogP contribution in [0, 0.1) is 22.1 Å². The number of nitrogens with one attached hydrogen (secondary N) is 1. The second-order valence-corrected chi connectivity index (χ2v) is 28.2. The fourth-order valence-electron chi connectivity index (χ4n) is 8.48. The normalized spacial score (nSPS) is 18.7. The highest BCUT2D eigenvalue weighted by Crippen LogP contribution is 2.47. The molecule has 3 N–H and O–H groups in total. The molecule has 7 rings (SSSR count). The van der Waals surface area contributed by atoms with Crippen molar-refractivity contribution >= 4 is 49.6 Å². The van der Waals surface area contributed by atoms with E-state index in [0.29, 0.717) is 40.8 Å². The standard InChI is InChI=1S/C16H18O3.C15H29NO2.C15H23S.C12H15FO3.C4H4F4NO2S/c1-4-16(2,3)15(18)19-14-10-6-7-11-12(14)8-5-9-13(11)17;1-8-13(2,3)12(17)18-11-9-14(4,5)16-15(6,7)10-11;1-3-13(2)14-7-9-15(10-8-14)16-11-5-4-6-12-16;1-4-12(2,3)11(15)16-9-7-5-6-8(13)10(9)14;5-3(6)1-2-9-12(10,11)4(3,7)8/h5-10,17H,4H2,1-3H3;11,16H,8-10H2,1-7H3;7-10,13H,3-6,11-12H2,1-2H3;5-7,14H,4H2,1-3H3;1-2H2/q;;+1;;-1. The molecule has 0 aromatic heterocycles. The van der Waals surface area contributed by atoms with Crippen LogP contribution in [0.15, 0.2) is 83.8 Å². The Hall–Kier alpha value is -4.98. The number of ether oxygens (including phenoxy) is 3. The summed E-state index contributed by atoms with van der Waals surface area (Å²) in [5, 5.41) is 19.1. The van der Waals surface area contributed by atoms with E-state index >= 15 is 0 Å². The van der Waals surface area contributed by atoms with Crippen LogP contribution in [0.2, 0.25) is 0 Å². The SMILES string of the molecule is CCC(C)(C)C(=O)OC1CC(C)(C)NC(C)(C)C1.CCC(C)(C)C(=O)Oc1cccc(F)c1O.CCC(C)(C)C(=O)Oc1cccc2c(O)cccc12.CCC(C)c1ccc([S+]2CCCCC2)cc1.O=S1(=O)[N-]CCC(F)(F)C1(F)F. The molecule has 4 aromatic rings. The number of aromatic hydroxyl groups is 2. The number of rotatable bonds is 12. The van der Waals surface area contributed by atoms with E-state index in [1.165, 1.54) is 54.9 Å². The van der Waals surface area contributed by atoms with Gasteiger partial charge in [0.1, 0.15) is 39.1 Å². The Kier molecular flexibility index (Phi) is 25.2. The summed E-state index contributed by atoms with van der Waals surface area (Å²) in [5.41, 5.74) is -0.00454. The lowest BCUT2D eigenvalue weighted by Gasteiger charge is -2.46. The Morgan fingerprint density at radius 1 is 0.691 bits per heavy atom. The van der Waals surface area contributed by atoms with Crippen LogP contribution in [0.3, 0.4) is 0 Å². The molecule has 0 saturated carbocycles. The zero-order chi connectivity index (χ0) is 61.6. The van der Waals surface area contributed by atoms with Gasteiger partial charge in [-0.1, -0.05) is 77.1 Å². The van der Waals surface area contributed by atoms with E-state index in [4.69, 9.17) is 14.2 Å². The number of hydrogen-bond acceptors (Lipinski definition) is 11. The van der Waals surface area contributed by atoms with Gasteiger partial charge in [-0.25, -0.2) is 12.8 Å². The van der Waals surface area contributed by atoms with Crippen LogP contribution in [0.25, 0.3) is 15.5 Å². The van der Waals surface area contributed by atoms with E-state index in [1.807, 2.05) is 54.5 Å². The highest BCUT2D eigenvalue weighted by Gasteiger charge is 2.62. The zero-order valence-electron chi connectivity index (χ0n) is 50.2. The highest BCUT2D eigenvalue weighted by molar-refractivity contribution is 7.97. The van der Waals surface area contributed by atoms with Crippen molar-refractivity contribution in [1.82, 2.24) is 5.32 Å². The number of para-hydroxylation sites is 1. The molecule has 1 unspecified atom stereocenters. The fraction of sp³-hybridized carbons (Fsp3) is 0.597. The lowest BCUT2D eigenvalue weighted by Crippen LogP contribution is -2.60. The molecule has 3 aliphatic heterocycles. The first kappa shape index (κ1) is 70.3. The van der Waals surface area contributed by atoms with Crippen LogP contribution in [-0.4, -0.2) is 82.9 Å². The summed E-state index contributed by atoms with van der Waals surface area (Å²) in [6.45, 7) is 29.4. The molecular formula is C62H89F5N2O10S2. The van der Waals surface area contributed by atoms with Crippen LogP contribution in [0.4, 0.5) is 22.0 Å². The predicted octanol–water partition coefficient (Wildman–Crippen LogP) is 15.7. The molecule has 3 heterocycles. The van der Waals surface area contributed by atoms with Gasteiger partial charge in [-0.05, 0) is 162 Å². The smallest absolute Gasteiger partial charge is 0.391 e. The molecular weight excluding hydrogens is 1090 g/mol. The molecule has 3 saturated heterocycles. The van der Waals surface area contributed by atoms with Gasteiger partial charge >= 0.3 is 29.1 Å². The number of piperidine rings is 1. The molecule has 1 atom stereocenters. The highest BCUT2D eigenvalue weighted by atomic mass is 32.2. The van der Waals surface area contributed by atoms with Crippen LogP contribution in [0.1, 0.15) is 180 Å². The van der Waals surface area contributed by atoms with Gasteiger partial charge in [0.2, 0.25) is 0 Å². The molecule has 19 heteroatoms. The molecule has 0 spiro atoms. The summed E-state index contributed by atoms with van der Waals surface area (Å²) in [4.78, 5) is 37.5. The summed E-state index contributed by atoms with van der Waals surface area (Å²) in [6, 6.07) is 23.8. The number of sulfonamides is 1. The van der Waals surface area contributed by atoms with Crippen molar-refractivity contribution in [1.29, 1.82) is 0 Å². The predicted molar refractivity (Wildman–Crippen MR) is 314 cm³/mol. The number of fused-ring (bicyclic) bond motifs is 1. The van der Waals surface area contributed by atoms with Gasteiger partial charge in [0.15, 0.2) is 22.2 Å². The average molecular weight is 1180 g/mol. The molecule has 0 bridgehead atoms. The fourth-order valence-corrected chi connectivity index (χ4v) is 11.8. The first-order valence-corrected chi connectivity index (χ1v) is 30.9. The minimum atomic E-state index is -5.33. The monoisotopic (exact) mass is 1180 g/mol. The van der Waals surface area contributed by atoms with Crippen molar-refractivity contribution in [2.24, 2.45) is 16.2 Å². The maximum absolute atomic E-state index is 13.0. The molecule has 3 fully saturated rings. The molecule has 454 valence electrons. The number of carbonyl (C=O) groups excluding carboxylic acids is 3. The minimum absolute atomic E-state index is 0.0169. The minimum Gasteiger partial charge on any atom is -0.543 e. The van der Waals surface area contributed by atoms with Crippen molar-refractivity contribution in [3.8, 4) is 23.0 Å². The van der Waals surface area contributed by atoms with Gasteiger partial charge in [-0.2, -0.15) is 17.6 Å². The van der Waals surface area contributed by atoms with Gasteiger partial charge in [0.05, 0.1) is 16.2 Å². The lowest BCUT2D eigenvalue weighted by atomic mass is 9.80. The van der Waals surface area contributed by atoms with E-state index in [-0.39, 0.29) is 46.0 Å². The van der Waals surface area contributed by atoms with Crippen molar-refractivity contribution < 1.29 is 69.2 Å². The third-order valence-electron chi connectivity index (χ3n) is 15.1. The maximum Gasteiger partial charge on any atom is 0.391 e. The van der Waals surface area contributed by atoms with Gasteiger partial charge in [-0.3, -0.25) is 14.4 Å². The van der Waals surface area contributed by atoms with Gasteiger partial charge in [0.25, 0.3) is 0 Å².